The van der Waals surface area contributed by atoms with Gasteiger partial charge in [-0.1, -0.05) is 11.8 Å². The highest BCUT2D eigenvalue weighted by atomic mass is 19.1. The maximum Gasteiger partial charge on any atom is 0.306 e. The molecular weight excluding hydrogens is 383 g/mol. The van der Waals surface area contributed by atoms with E-state index in [1.807, 2.05) is 20.8 Å². The van der Waals surface area contributed by atoms with E-state index < -0.39 is 5.60 Å². The first kappa shape index (κ1) is 21.6. The molecule has 3 rings (SSSR count). The molecule has 0 bridgehead atoms. The lowest BCUT2D eigenvalue weighted by Crippen LogP contribution is -2.29. The molecule has 1 aromatic heterocycles. The number of nitrogens with zero attached hydrogens (tertiary/aromatic N) is 2. The van der Waals surface area contributed by atoms with Crippen LogP contribution < -0.4 is 10.6 Å². The molecule has 158 valence electrons. The molecule has 7 heteroatoms. The van der Waals surface area contributed by atoms with Gasteiger partial charge in [-0.05, 0) is 63.8 Å². The zero-order valence-corrected chi connectivity index (χ0v) is 17.8. The van der Waals surface area contributed by atoms with Gasteiger partial charge in [0.1, 0.15) is 17.2 Å². The van der Waals surface area contributed by atoms with Crippen molar-refractivity contribution in [3.05, 3.63) is 41.8 Å². The van der Waals surface area contributed by atoms with Crippen LogP contribution in [-0.4, -0.2) is 28.6 Å². The standard InChI is InChI=1S/C23H27FN4O2/c1-23(2,3)30-20(29)13-16-11-15(12-16)5-6-17-14-26-22(28-21(17)25-4)27-19-9-7-18(24)8-10-19/h7-10,14-16H,11-13H2,1-4H3,(H2,25,26,27,28). The van der Waals surface area contributed by atoms with Gasteiger partial charge in [0.15, 0.2) is 0 Å². The number of anilines is 3. The normalized spacial score (nSPS) is 17.9. The number of esters is 1. The SMILES string of the molecule is CNc1nc(Nc2ccc(F)cc2)ncc1C#CC1CC(CC(=O)OC(C)(C)C)C1. The Bertz CT molecular complexity index is 952. The number of ether oxygens (including phenoxy) is 1. The molecule has 1 heterocycles. The van der Waals surface area contributed by atoms with Gasteiger partial charge in [0.2, 0.25) is 5.95 Å². The summed E-state index contributed by atoms with van der Waals surface area (Å²) in [7, 11) is 1.77. The highest BCUT2D eigenvalue weighted by Gasteiger charge is 2.31. The Morgan fingerprint density at radius 3 is 2.60 bits per heavy atom. The molecule has 2 aromatic rings. The molecule has 0 atom stereocenters. The molecule has 0 unspecified atom stereocenters. The van der Waals surface area contributed by atoms with Gasteiger partial charge in [0.05, 0.1) is 11.8 Å². The van der Waals surface area contributed by atoms with Crippen molar-refractivity contribution in [2.45, 2.75) is 45.6 Å². The summed E-state index contributed by atoms with van der Waals surface area (Å²) < 4.78 is 18.4. The van der Waals surface area contributed by atoms with Gasteiger partial charge in [-0.25, -0.2) is 9.37 Å². The molecule has 1 aliphatic rings. The van der Waals surface area contributed by atoms with Crippen LogP contribution in [0, 0.1) is 29.5 Å². The maximum atomic E-state index is 13.0. The first-order valence-electron chi connectivity index (χ1n) is 10.0. The molecule has 30 heavy (non-hydrogen) atoms. The lowest BCUT2D eigenvalue weighted by Gasteiger charge is -2.32. The number of rotatable bonds is 5. The van der Waals surface area contributed by atoms with E-state index in [1.165, 1.54) is 12.1 Å². The van der Waals surface area contributed by atoms with Gasteiger partial charge < -0.3 is 15.4 Å². The quantitative estimate of drug-likeness (QED) is 0.558. The minimum Gasteiger partial charge on any atom is -0.460 e. The predicted octanol–water partition coefficient (Wildman–Crippen LogP) is 4.51. The first-order valence-corrected chi connectivity index (χ1v) is 10.0. The zero-order valence-electron chi connectivity index (χ0n) is 17.8. The van der Waals surface area contributed by atoms with Crippen LogP contribution in [-0.2, 0) is 9.53 Å². The summed E-state index contributed by atoms with van der Waals surface area (Å²) in [4.78, 5) is 20.6. The van der Waals surface area contributed by atoms with Gasteiger partial charge in [0, 0.05) is 25.1 Å². The topological polar surface area (TPSA) is 76.1 Å². The highest BCUT2D eigenvalue weighted by Crippen LogP contribution is 2.36. The number of halogens is 1. The zero-order chi connectivity index (χ0) is 21.7. The van der Waals surface area contributed by atoms with Crippen molar-refractivity contribution in [1.29, 1.82) is 0 Å². The van der Waals surface area contributed by atoms with Crippen LogP contribution in [0.2, 0.25) is 0 Å². The van der Waals surface area contributed by atoms with Gasteiger partial charge in [-0.15, -0.1) is 0 Å². The number of carbonyl (C=O) groups excluding carboxylic acids is 1. The average Bonchev–Trinajstić information content (AvgIpc) is 2.64. The summed E-state index contributed by atoms with van der Waals surface area (Å²) in [5.41, 5.74) is 0.960. The molecule has 2 N–H and O–H groups in total. The Balaban J connectivity index is 1.56. The van der Waals surface area contributed by atoms with E-state index in [9.17, 15) is 9.18 Å². The number of hydrogen-bond acceptors (Lipinski definition) is 6. The minimum absolute atomic E-state index is 0.144. The van der Waals surface area contributed by atoms with Crippen molar-refractivity contribution in [2.75, 3.05) is 17.7 Å². The molecule has 0 aliphatic heterocycles. The molecule has 1 aromatic carbocycles. The summed E-state index contributed by atoms with van der Waals surface area (Å²) in [5, 5.41) is 6.07. The summed E-state index contributed by atoms with van der Waals surface area (Å²) in [6.07, 6.45) is 3.90. The van der Waals surface area contributed by atoms with Crippen molar-refractivity contribution in [3.63, 3.8) is 0 Å². The average molecular weight is 410 g/mol. The Morgan fingerprint density at radius 1 is 1.27 bits per heavy atom. The van der Waals surface area contributed by atoms with E-state index in [0.717, 1.165) is 12.8 Å². The van der Waals surface area contributed by atoms with Gasteiger partial charge >= 0.3 is 5.97 Å². The molecule has 1 aliphatic carbocycles. The van der Waals surface area contributed by atoms with Crippen LogP contribution in [0.4, 0.5) is 21.8 Å². The van der Waals surface area contributed by atoms with Crippen LogP contribution in [0.3, 0.4) is 0 Å². The van der Waals surface area contributed by atoms with Crippen LogP contribution in [0.5, 0.6) is 0 Å². The summed E-state index contributed by atoms with van der Waals surface area (Å²) >= 11 is 0. The van der Waals surface area contributed by atoms with Crippen LogP contribution in [0.1, 0.15) is 45.6 Å². The van der Waals surface area contributed by atoms with Crippen molar-refractivity contribution in [3.8, 4) is 11.8 Å². The van der Waals surface area contributed by atoms with E-state index >= 15 is 0 Å². The van der Waals surface area contributed by atoms with E-state index in [0.29, 0.717) is 35.4 Å². The van der Waals surface area contributed by atoms with Crippen molar-refractivity contribution < 1.29 is 13.9 Å². The third-order valence-electron chi connectivity index (χ3n) is 4.65. The number of hydrogen-bond donors (Lipinski definition) is 2. The van der Waals surface area contributed by atoms with Crippen LogP contribution in [0.15, 0.2) is 30.5 Å². The molecule has 0 saturated heterocycles. The fraction of sp³-hybridized carbons (Fsp3) is 0.435. The molecular formula is C23H27FN4O2. The number of nitrogens with one attached hydrogen (secondary N) is 2. The smallest absolute Gasteiger partial charge is 0.306 e. The second-order valence-corrected chi connectivity index (χ2v) is 8.43. The van der Waals surface area contributed by atoms with Gasteiger partial charge in [-0.3, -0.25) is 4.79 Å². The van der Waals surface area contributed by atoms with Crippen LogP contribution in [0.25, 0.3) is 0 Å². The second-order valence-electron chi connectivity index (χ2n) is 8.43. The molecule has 0 radical (unpaired) electrons. The van der Waals surface area contributed by atoms with E-state index in [2.05, 4.69) is 32.4 Å². The Hall–Kier alpha value is -3.14. The fourth-order valence-electron chi connectivity index (χ4n) is 3.21. The number of aromatic nitrogens is 2. The van der Waals surface area contributed by atoms with Crippen molar-refractivity contribution >= 4 is 23.4 Å². The molecule has 6 nitrogen and oxygen atoms in total. The molecule has 1 fully saturated rings. The molecule has 0 spiro atoms. The summed E-state index contributed by atoms with van der Waals surface area (Å²) in [6.45, 7) is 5.63. The third-order valence-corrected chi connectivity index (χ3v) is 4.65. The lowest BCUT2D eigenvalue weighted by atomic mass is 9.73. The van der Waals surface area contributed by atoms with Crippen molar-refractivity contribution in [2.24, 2.45) is 11.8 Å². The van der Waals surface area contributed by atoms with Crippen LogP contribution >= 0.6 is 0 Å². The predicted molar refractivity (Wildman–Crippen MR) is 115 cm³/mol. The second kappa shape index (κ2) is 9.12. The van der Waals surface area contributed by atoms with E-state index in [1.54, 1.807) is 25.4 Å². The molecule has 1 saturated carbocycles. The summed E-state index contributed by atoms with van der Waals surface area (Å²) in [6, 6.07) is 5.98. The van der Waals surface area contributed by atoms with Crippen molar-refractivity contribution in [1.82, 2.24) is 9.97 Å². The Morgan fingerprint density at radius 2 is 1.97 bits per heavy atom. The Kier molecular flexibility index (Phi) is 6.56. The molecule has 0 amide bonds. The number of benzene rings is 1. The van der Waals surface area contributed by atoms with E-state index in [-0.39, 0.29) is 17.7 Å². The lowest BCUT2D eigenvalue weighted by molar-refractivity contribution is -0.156. The third kappa shape index (κ3) is 6.18. The first-order chi connectivity index (χ1) is 14.2. The van der Waals surface area contributed by atoms with E-state index in [4.69, 9.17) is 4.74 Å². The maximum absolute atomic E-state index is 13.0. The van der Waals surface area contributed by atoms with Gasteiger partial charge in [-0.2, -0.15) is 4.98 Å². The fourth-order valence-corrected chi connectivity index (χ4v) is 3.21. The Labute approximate surface area is 176 Å². The van der Waals surface area contributed by atoms with Gasteiger partial charge in [0.25, 0.3) is 0 Å². The minimum atomic E-state index is -0.443. The highest BCUT2D eigenvalue weighted by molar-refractivity contribution is 5.70. The monoisotopic (exact) mass is 410 g/mol. The largest absolute Gasteiger partial charge is 0.460 e. The summed E-state index contributed by atoms with van der Waals surface area (Å²) in [5.74, 6) is 7.57. The number of carbonyl (C=O) groups is 1.